The van der Waals surface area contributed by atoms with Gasteiger partial charge >= 0.3 is 0 Å². The molecule has 0 spiro atoms. The lowest BCUT2D eigenvalue weighted by atomic mass is 10.1. The molecule has 1 aliphatic heterocycles. The maximum Gasteiger partial charge on any atom is 0.269 e. The van der Waals surface area contributed by atoms with Crippen LogP contribution in [0.3, 0.4) is 0 Å². The molecular weight excluding hydrogens is 456 g/mol. The fourth-order valence-corrected chi connectivity index (χ4v) is 5.35. The summed E-state index contributed by atoms with van der Waals surface area (Å²) >= 11 is 6.25. The minimum absolute atomic E-state index is 0.0248. The minimum atomic E-state index is -3.71. The van der Waals surface area contributed by atoms with Crippen molar-refractivity contribution in [1.29, 1.82) is 0 Å². The van der Waals surface area contributed by atoms with E-state index in [4.69, 9.17) is 11.6 Å². The Balaban J connectivity index is 1.74. The maximum absolute atomic E-state index is 13.1. The maximum atomic E-state index is 13.1. The van der Waals surface area contributed by atoms with Crippen LogP contribution in [-0.4, -0.2) is 67.7 Å². The second-order valence-electron chi connectivity index (χ2n) is 7.28. The molecule has 9 nitrogen and oxygen atoms in total. The summed E-state index contributed by atoms with van der Waals surface area (Å²) in [6.07, 6.45) is 0. The number of nitrogens with zero attached hydrogens (tertiary/aromatic N) is 4. The Bertz CT molecular complexity index is 1100. The molecule has 1 fully saturated rings. The highest BCUT2D eigenvalue weighted by Gasteiger charge is 2.27. The zero-order valence-corrected chi connectivity index (χ0v) is 19.5. The Morgan fingerprint density at radius 2 is 1.66 bits per heavy atom. The molecule has 1 aliphatic rings. The summed E-state index contributed by atoms with van der Waals surface area (Å²) in [5.74, 6) is -0.324. The molecule has 0 bridgehead atoms. The average Bonchev–Trinajstić information content (AvgIpc) is 2.79. The van der Waals surface area contributed by atoms with Gasteiger partial charge in [0, 0.05) is 57.1 Å². The number of carbonyl (C=O) groups is 1. The molecule has 2 aromatic rings. The molecule has 0 aliphatic carbocycles. The van der Waals surface area contributed by atoms with Gasteiger partial charge in [-0.1, -0.05) is 25.4 Å². The van der Waals surface area contributed by atoms with E-state index in [0.29, 0.717) is 39.3 Å². The summed E-state index contributed by atoms with van der Waals surface area (Å²) < 4.78 is 27.0. The van der Waals surface area contributed by atoms with Gasteiger partial charge in [-0.15, -0.1) is 0 Å². The van der Waals surface area contributed by atoms with E-state index in [1.165, 1.54) is 34.6 Å². The van der Waals surface area contributed by atoms with Gasteiger partial charge in [-0.2, -0.15) is 4.31 Å². The van der Waals surface area contributed by atoms with Crippen molar-refractivity contribution in [2.75, 3.05) is 44.2 Å². The normalized spacial score (nSPS) is 14.6. The van der Waals surface area contributed by atoms with E-state index >= 15 is 0 Å². The number of hydrogen-bond donors (Lipinski definition) is 0. The van der Waals surface area contributed by atoms with Gasteiger partial charge in [-0.25, -0.2) is 8.42 Å². The molecule has 0 saturated carbocycles. The number of rotatable bonds is 7. The van der Waals surface area contributed by atoms with Gasteiger partial charge in [-0.05, 0) is 30.3 Å². The van der Waals surface area contributed by atoms with Crippen molar-refractivity contribution in [2.24, 2.45) is 0 Å². The summed E-state index contributed by atoms with van der Waals surface area (Å²) in [6, 6.07) is 10.5. The summed E-state index contributed by atoms with van der Waals surface area (Å²) in [7, 11) is -3.71. The van der Waals surface area contributed by atoms with Crippen LogP contribution in [0.5, 0.6) is 0 Å². The third-order valence-electron chi connectivity index (χ3n) is 5.50. The number of benzene rings is 2. The number of anilines is 1. The van der Waals surface area contributed by atoms with E-state index in [-0.39, 0.29) is 27.1 Å². The smallest absolute Gasteiger partial charge is 0.269 e. The van der Waals surface area contributed by atoms with Crippen LogP contribution in [0, 0.1) is 10.1 Å². The van der Waals surface area contributed by atoms with E-state index in [0.717, 1.165) is 5.69 Å². The summed E-state index contributed by atoms with van der Waals surface area (Å²) in [5, 5.41) is 11.0. The van der Waals surface area contributed by atoms with Crippen LogP contribution < -0.4 is 4.90 Å². The van der Waals surface area contributed by atoms with E-state index in [1.54, 1.807) is 30.9 Å². The van der Waals surface area contributed by atoms with Crippen LogP contribution >= 0.6 is 11.6 Å². The number of hydrogen-bond acceptors (Lipinski definition) is 6. The van der Waals surface area contributed by atoms with Crippen molar-refractivity contribution in [1.82, 2.24) is 9.21 Å². The third-order valence-corrected chi connectivity index (χ3v) is 7.88. The van der Waals surface area contributed by atoms with Crippen LogP contribution in [0.4, 0.5) is 11.4 Å². The monoisotopic (exact) mass is 480 g/mol. The number of halogens is 1. The number of sulfonamides is 1. The lowest BCUT2D eigenvalue weighted by Gasteiger charge is -2.36. The van der Waals surface area contributed by atoms with Crippen molar-refractivity contribution in [3.8, 4) is 0 Å². The van der Waals surface area contributed by atoms with Crippen molar-refractivity contribution < 1.29 is 18.1 Å². The van der Waals surface area contributed by atoms with Gasteiger partial charge in [0.25, 0.3) is 11.6 Å². The first kappa shape index (κ1) is 24.0. The predicted molar refractivity (Wildman–Crippen MR) is 123 cm³/mol. The number of non-ortho nitro benzene ring substituents is 1. The van der Waals surface area contributed by atoms with Gasteiger partial charge in [0.05, 0.1) is 20.4 Å². The number of amides is 1. The number of piperazine rings is 1. The first-order chi connectivity index (χ1) is 15.2. The van der Waals surface area contributed by atoms with E-state index < -0.39 is 14.9 Å². The molecule has 0 radical (unpaired) electrons. The highest BCUT2D eigenvalue weighted by Crippen LogP contribution is 2.26. The summed E-state index contributed by atoms with van der Waals surface area (Å²) in [4.78, 5) is 27.2. The zero-order chi connectivity index (χ0) is 23.5. The van der Waals surface area contributed by atoms with Crippen molar-refractivity contribution in [3.63, 3.8) is 0 Å². The molecule has 32 heavy (non-hydrogen) atoms. The average molecular weight is 481 g/mol. The lowest BCUT2D eigenvalue weighted by molar-refractivity contribution is -0.384. The molecular formula is C21H25ClN4O5S. The Morgan fingerprint density at radius 3 is 2.19 bits per heavy atom. The van der Waals surface area contributed by atoms with Crippen LogP contribution in [-0.2, 0) is 10.0 Å². The van der Waals surface area contributed by atoms with Crippen molar-refractivity contribution in [3.05, 3.63) is 63.2 Å². The lowest BCUT2D eigenvalue weighted by Crippen LogP contribution is -2.48. The van der Waals surface area contributed by atoms with Gasteiger partial charge in [0.15, 0.2) is 0 Å². The summed E-state index contributed by atoms with van der Waals surface area (Å²) in [5.41, 5.74) is 1.02. The fourth-order valence-electron chi connectivity index (χ4n) is 3.66. The quantitative estimate of drug-likeness (QED) is 0.445. The van der Waals surface area contributed by atoms with Crippen LogP contribution in [0.1, 0.15) is 24.2 Å². The highest BCUT2D eigenvalue weighted by molar-refractivity contribution is 7.89. The van der Waals surface area contributed by atoms with E-state index in [2.05, 4.69) is 0 Å². The van der Waals surface area contributed by atoms with Crippen LogP contribution in [0.2, 0.25) is 5.02 Å². The second-order valence-corrected chi connectivity index (χ2v) is 9.63. The topological polar surface area (TPSA) is 104 Å². The Labute approximate surface area is 192 Å². The Morgan fingerprint density at radius 1 is 1.06 bits per heavy atom. The van der Waals surface area contributed by atoms with Crippen molar-refractivity contribution in [2.45, 2.75) is 18.7 Å². The van der Waals surface area contributed by atoms with Crippen molar-refractivity contribution >= 4 is 38.9 Å². The molecule has 0 N–H and O–H groups in total. The fraction of sp³-hybridized carbons (Fsp3) is 0.381. The molecule has 1 amide bonds. The largest absolute Gasteiger partial charge is 0.368 e. The SMILES string of the molecule is CCN(CC)S(=O)(=O)c1ccc(Cl)c(C(=O)N2CCN(c3ccc([N+](=O)[O-])cc3)CC2)c1. The predicted octanol–water partition coefficient (Wildman–Crippen LogP) is 3.24. The molecule has 1 saturated heterocycles. The first-order valence-electron chi connectivity index (χ1n) is 10.3. The van der Waals surface area contributed by atoms with Gasteiger partial charge < -0.3 is 9.80 Å². The van der Waals surface area contributed by atoms with Gasteiger partial charge in [0.1, 0.15) is 0 Å². The second kappa shape index (κ2) is 9.85. The number of nitro groups is 1. The molecule has 11 heteroatoms. The number of nitro benzene ring substituents is 1. The molecule has 0 unspecified atom stereocenters. The molecule has 0 atom stereocenters. The Kier molecular flexibility index (Phi) is 7.37. The van der Waals surface area contributed by atoms with Crippen LogP contribution in [0.15, 0.2) is 47.4 Å². The summed E-state index contributed by atoms with van der Waals surface area (Å²) in [6.45, 7) is 6.08. The molecule has 0 aromatic heterocycles. The van der Waals surface area contributed by atoms with Crippen LogP contribution in [0.25, 0.3) is 0 Å². The molecule has 2 aromatic carbocycles. The highest BCUT2D eigenvalue weighted by atomic mass is 35.5. The molecule has 3 rings (SSSR count). The Hall–Kier alpha value is -2.69. The van der Waals surface area contributed by atoms with E-state index in [9.17, 15) is 23.3 Å². The molecule has 172 valence electrons. The first-order valence-corrected chi connectivity index (χ1v) is 12.1. The molecule has 1 heterocycles. The minimum Gasteiger partial charge on any atom is -0.368 e. The number of carbonyl (C=O) groups excluding carboxylic acids is 1. The third kappa shape index (κ3) is 4.87. The van der Waals surface area contributed by atoms with Gasteiger partial charge in [0.2, 0.25) is 10.0 Å². The van der Waals surface area contributed by atoms with E-state index in [1.807, 2.05) is 4.90 Å². The van der Waals surface area contributed by atoms with Gasteiger partial charge in [-0.3, -0.25) is 14.9 Å². The standard InChI is InChI=1S/C21H25ClN4O5S/c1-3-25(4-2)32(30,31)18-9-10-20(22)19(15-18)21(27)24-13-11-23(12-14-24)16-5-7-17(8-6-16)26(28)29/h5-10,15H,3-4,11-14H2,1-2H3. The zero-order valence-electron chi connectivity index (χ0n) is 17.9.